The molecule has 182 valence electrons. The summed E-state index contributed by atoms with van der Waals surface area (Å²) in [5.74, 6) is -0.653. The first-order valence-corrected chi connectivity index (χ1v) is 12.8. The van der Waals surface area contributed by atoms with Gasteiger partial charge in [-0.2, -0.15) is 10.5 Å². The molecule has 0 saturated carbocycles. The fourth-order valence-corrected chi connectivity index (χ4v) is 5.99. The summed E-state index contributed by atoms with van der Waals surface area (Å²) in [6, 6.07) is 7.61. The second-order valence-electron chi connectivity index (χ2n) is 8.81. The van der Waals surface area contributed by atoms with Crippen LogP contribution >= 0.6 is 11.8 Å². The molecule has 2 aromatic rings. The second kappa shape index (κ2) is 11.0. The third-order valence-electron chi connectivity index (χ3n) is 6.75. The summed E-state index contributed by atoms with van der Waals surface area (Å²) in [4.78, 5) is 25.7. The van der Waals surface area contributed by atoms with Gasteiger partial charge < -0.3 is 15.5 Å². The number of amides is 1. The van der Waals surface area contributed by atoms with Gasteiger partial charge in [0.05, 0.1) is 23.0 Å². The smallest absolute Gasteiger partial charge is 0.237 e. The molecule has 2 fully saturated rings. The largest absolute Gasteiger partial charge is 0.368 e. The summed E-state index contributed by atoms with van der Waals surface area (Å²) in [6.07, 6.45) is 5.96. The van der Waals surface area contributed by atoms with Gasteiger partial charge in [0, 0.05) is 19.1 Å². The Morgan fingerprint density at radius 2 is 1.89 bits per heavy atom. The molecule has 1 amide bonds. The van der Waals surface area contributed by atoms with Gasteiger partial charge >= 0.3 is 0 Å². The number of primary amides is 1. The van der Waals surface area contributed by atoms with Gasteiger partial charge in [0.2, 0.25) is 5.91 Å². The number of likely N-dealkylation sites (tertiary alicyclic amines) is 1. The Bertz CT molecular complexity index is 1160. The Morgan fingerprint density at radius 3 is 2.43 bits per heavy atom. The Balaban J connectivity index is 1.69. The van der Waals surface area contributed by atoms with Crippen LogP contribution in [0.1, 0.15) is 60.2 Å². The molecule has 0 aliphatic carbocycles. The number of halogens is 1. The van der Waals surface area contributed by atoms with Gasteiger partial charge in [-0.15, -0.1) is 0 Å². The molecule has 10 heteroatoms. The molecule has 1 unspecified atom stereocenters. The number of aromatic nitrogens is 2. The number of rotatable bonds is 7. The molecule has 0 bridgehead atoms. The zero-order valence-corrected chi connectivity index (χ0v) is 20.5. The molecule has 0 radical (unpaired) electrons. The lowest BCUT2D eigenvalue weighted by molar-refractivity contribution is -0.117. The van der Waals surface area contributed by atoms with Crippen LogP contribution in [0.2, 0.25) is 0 Å². The zero-order valence-electron chi connectivity index (χ0n) is 19.7. The monoisotopic (exact) mass is 493 g/mol. The molecule has 8 nitrogen and oxygen atoms in total. The highest BCUT2D eigenvalue weighted by Gasteiger charge is 2.31. The fourth-order valence-electron chi connectivity index (χ4n) is 4.97. The van der Waals surface area contributed by atoms with E-state index in [2.05, 4.69) is 26.9 Å². The highest BCUT2D eigenvalue weighted by Crippen LogP contribution is 2.39. The number of thioether (sulfide) groups is 1. The normalized spacial score (nSPS) is 17.7. The lowest BCUT2D eigenvalue weighted by atomic mass is 9.99. The fraction of sp³-hybridized carbons (Fsp3) is 0.480. The lowest BCUT2D eigenvalue weighted by Crippen LogP contribution is -2.44. The number of carbonyl (C=O) groups is 1. The molecule has 1 atom stereocenters. The number of hydrogen-bond acceptors (Lipinski definition) is 8. The first-order chi connectivity index (χ1) is 17.0. The average Bonchev–Trinajstić information content (AvgIpc) is 3.42. The van der Waals surface area contributed by atoms with E-state index >= 15 is 0 Å². The van der Waals surface area contributed by atoms with Crippen LogP contribution in [0.25, 0.3) is 0 Å². The van der Waals surface area contributed by atoms with Gasteiger partial charge in [-0.05, 0) is 62.9 Å². The molecule has 2 aliphatic rings. The number of hydrogen-bond donors (Lipinski definition) is 1. The Morgan fingerprint density at radius 1 is 1.20 bits per heavy atom. The van der Waals surface area contributed by atoms with E-state index in [1.807, 2.05) is 6.92 Å². The molecular formula is C25H28FN7OS. The summed E-state index contributed by atoms with van der Waals surface area (Å²) >= 11 is 1.02. The number of carbonyl (C=O) groups excluding carboxylic acids is 1. The third-order valence-corrected chi connectivity index (χ3v) is 7.98. The number of nitrogens with two attached hydrogens (primary N) is 1. The minimum atomic E-state index is -0.957. The minimum absolute atomic E-state index is 0.262. The van der Waals surface area contributed by atoms with E-state index in [0.29, 0.717) is 34.4 Å². The lowest BCUT2D eigenvalue weighted by Gasteiger charge is -2.37. The van der Waals surface area contributed by atoms with Gasteiger partial charge in [-0.3, -0.25) is 9.78 Å². The van der Waals surface area contributed by atoms with Crippen LogP contribution in [0.5, 0.6) is 0 Å². The Kier molecular flexibility index (Phi) is 7.84. The van der Waals surface area contributed by atoms with Crippen molar-refractivity contribution in [3.8, 4) is 12.1 Å². The van der Waals surface area contributed by atoms with Crippen molar-refractivity contribution in [2.75, 3.05) is 31.1 Å². The van der Waals surface area contributed by atoms with Crippen LogP contribution in [-0.2, 0) is 11.2 Å². The first kappa shape index (κ1) is 24.9. The van der Waals surface area contributed by atoms with Crippen LogP contribution in [-0.4, -0.2) is 53.0 Å². The van der Waals surface area contributed by atoms with E-state index in [0.717, 1.165) is 57.0 Å². The van der Waals surface area contributed by atoms with Crippen molar-refractivity contribution >= 4 is 23.5 Å². The van der Waals surface area contributed by atoms with Gasteiger partial charge in [-0.1, -0.05) is 18.7 Å². The van der Waals surface area contributed by atoms with E-state index < -0.39 is 17.0 Å². The number of nitrogens with zero attached hydrogens (tertiary/aromatic N) is 6. The number of pyridine rings is 2. The summed E-state index contributed by atoms with van der Waals surface area (Å²) in [5.41, 5.74) is 7.22. The van der Waals surface area contributed by atoms with E-state index in [9.17, 15) is 19.7 Å². The van der Waals surface area contributed by atoms with Gasteiger partial charge in [0.15, 0.2) is 0 Å². The van der Waals surface area contributed by atoms with Crippen molar-refractivity contribution in [2.45, 2.75) is 55.3 Å². The molecule has 2 aromatic heterocycles. The van der Waals surface area contributed by atoms with Crippen molar-refractivity contribution in [3.63, 3.8) is 0 Å². The third kappa shape index (κ3) is 5.24. The number of anilines is 1. The van der Waals surface area contributed by atoms with Crippen molar-refractivity contribution < 1.29 is 9.18 Å². The maximum atomic E-state index is 13.4. The van der Waals surface area contributed by atoms with E-state index in [1.165, 1.54) is 25.0 Å². The van der Waals surface area contributed by atoms with Crippen LogP contribution < -0.4 is 10.6 Å². The highest BCUT2D eigenvalue weighted by molar-refractivity contribution is 8.00. The second-order valence-corrected chi connectivity index (χ2v) is 9.90. The van der Waals surface area contributed by atoms with Crippen LogP contribution in [0, 0.1) is 28.5 Å². The molecule has 2 aliphatic heterocycles. The van der Waals surface area contributed by atoms with Crippen LogP contribution in [0.4, 0.5) is 10.2 Å². The molecule has 2 N–H and O–H groups in total. The van der Waals surface area contributed by atoms with Gasteiger partial charge in [0.25, 0.3) is 0 Å². The number of nitriles is 2. The first-order valence-electron chi connectivity index (χ1n) is 11.9. The standard InChI is InChI=1S/C25H28FN7OS/c1-2-18-19(13-27)24(33-11-7-17(8-12-33)32-9-3-4-10-32)31-25(20(18)14-28)35-22(23(29)34)21-6-5-16(26)15-30-21/h5-6,15,17,22H,2-4,7-12H2,1H3,(H2,29,34). The van der Waals surface area contributed by atoms with Gasteiger partial charge in [0.1, 0.15) is 34.0 Å². The topological polar surface area (TPSA) is 123 Å². The molecule has 0 aromatic carbocycles. The van der Waals surface area contributed by atoms with Crippen molar-refractivity contribution in [2.24, 2.45) is 5.73 Å². The highest BCUT2D eigenvalue weighted by atomic mass is 32.2. The predicted molar refractivity (Wildman–Crippen MR) is 131 cm³/mol. The Hall–Kier alpha value is -3.21. The molecule has 4 heterocycles. The summed E-state index contributed by atoms with van der Waals surface area (Å²) < 4.78 is 13.4. The SMILES string of the molecule is CCc1c(C#N)c(SC(C(N)=O)c2ccc(F)cn2)nc(N2CCC(N3CCCC3)CC2)c1C#N. The van der Waals surface area contributed by atoms with E-state index in [-0.39, 0.29) is 11.3 Å². The zero-order chi connectivity index (χ0) is 24.9. The van der Waals surface area contributed by atoms with Crippen molar-refractivity contribution in [1.82, 2.24) is 14.9 Å². The average molecular weight is 494 g/mol. The molecular weight excluding hydrogens is 465 g/mol. The van der Waals surface area contributed by atoms with Crippen molar-refractivity contribution in [3.05, 3.63) is 46.5 Å². The van der Waals surface area contributed by atoms with E-state index in [1.54, 1.807) is 0 Å². The Labute approximate surface area is 208 Å². The molecule has 2 saturated heterocycles. The molecule has 0 spiro atoms. The summed E-state index contributed by atoms with van der Waals surface area (Å²) in [6.45, 7) is 5.72. The maximum Gasteiger partial charge on any atom is 0.237 e. The number of piperidine rings is 1. The van der Waals surface area contributed by atoms with Crippen LogP contribution in [0.3, 0.4) is 0 Å². The maximum absolute atomic E-state index is 13.4. The van der Waals surface area contributed by atoms with Gasteiger partial charge in [-0.25, -0.2) is 9.37 Å². The minimum Gasteiger partial charge on any atom is -0.368 e. The summed E-state index contributed by atoms with van der Waals surface area (Å²) in [5, 5.41) is 19.3. The van der Waals surface area contributed by atoms with Crippen molar-refractivity contribution in [1.29, 1.82) is 10.5 Å². The van der Waals surface area contributed by atoms with Crippen LogP contribution in [0.15, 0.2) is 23.4 Å². The predicted octanol–water partition coefficient (Wildman–Crippen LogP) is 3.30. The molecule has 35 heavy (non-hydrogen) atoms. The summed E-state index contributed by atoms with van der Waals surface area (Å²) in [7, 11) is 0. The van der Waals surface area contributed by atoms with E-state index in [4.69, 9.17) is 10.7 Å². The quantitative estimate of drug-likeness (QED) is 0.583. The molecule has 4 rings (SSSR count).